The molecule has 0 saturated heterocycles. The Labute approximate surface area is 89.9 Å². The van der Waals surface area contributed by atoms with Crippen LogP contribution in [0.5, 0.6) is 0 Å². The summed E-state index contributed by atoms with van der Waals surface area (Å²) in [6.07, 6.45) is 3.19. The van der Waals surface area contributed by atoms with Crippen molar-refractivity contribution in [3.63, 3.8) is 0 Å². The Morgan fingerprint density at radius 2 is 2.14 bits per heavy atom. The van der Waals surface area contributed by atoms with Gasteiger partial charge in [0.1, 0.15) is 5.82 Å². The van der Waals surface area contributed by atoms with E-state index in [1.807, 2.05) is 6.07 Å². The van der Waals surface area contributed by atoms with Gasteiger partial charge in [-0.15, -0.1) is 0 Å². The van der Waals surface area contributed by atoms with E-state index in [2.05, 4.69) is 29.1 Å². The Morgan fingerprint density at radius 1 is 1.36 bits per heavy atom. The molecule has 1 aromatic heterocycles. The minimum absolute atomic E-state index is 0.323. The molecule has 0 spiro atoms. The predicted molar refractivity (Wildman–Crippen MR) is 59.8 cm³/mol. The molecule has 4 heteroatoms. The van der Waals surface area contributed by atoms with Crippen molar-refractivity contribution in [2.45, 2.75) is 33.1 Å². The van der Waals surface area contributed by atoms with Gasteiger partial charge in [0.25, 0.3) is 0 Å². The van der Waals surface area contributed by atoms with Crippen LogP contribution in [0.1, 0.15) is 32.4 Å². The van der Waals surface area contributed by atoms with E-state index in [4.69, 9.17) is 11.6 Å². The monoisotopic (exact) mass is 213 g/mol. The van der Waals surface area contributed by atoms with Gasteiger partial charge in [-0.2, -0.15) is 0 Å². The summed E-state index contributed by atoms with van der Waals surface area (Å²) in [5.74, 6) is 0.829. The molecule has 0 unspecified atom stereocenters. The minimum atomic E-state index is 0.323. The van der Waals surface area contributed by atoms with Crippen molar-refractivity contribution in [2.24, 2.45) is 0 Å². The second-order valence-corrected chi connectivity index (χ2v) is 3.49. The summed E-state index contributed by atoms with van der Waals surface area (Å²) in [5.41, 5.74) is 0.976. The van der Waals surface area contributed by atoms with E-state index in [1.54, 1.807) is 0 Å². The third-order valence-electron chi connectivity index (χ3n) is 1.95. The summed E-state index contributed by atoms with van der Waals surface area (Å²) in [7, 11) is 0. The fourth-order valence-corrected chi connectivity index (χ4v) is 1.33. The maximum absolute atomic E-state index is 5.78. The average molecular weight is 214 g/mol. The Morgan fingerprint density at radius 3 is 2.79 bits per heavy atom. The quantitative estimate of drug-likeness (QED) is 0.604. The molecule has 78 valence electrons. The lowest BCUT2D eigenvalue weighted by Crippen LogP contribution is -2.04. The SMILES string of the molecule is CCCCNc1cc(CC)nc(Cl)n1. The molecule has 1 heterocycles. The first-order valence-electron chi connectivity index (χ1n) is 5.03. The van der Waals surface area contributed by atoms with Crippen molar-refractivity contribution in [1.29, 1.82) is 0 Å². The molecule has 0 aliphatic heterocycles. The maximum atomic E-state index is 5.78. The smallest absolute Gasteiger partial charge is 0.224 e. The Balaban J connectivity index is 2.62. The molecule has 0 aromatic carbocycles. The van der Waals surface area contributed by atoms with Gasteiger partial charge in [0.15, 0.2) is 0 Å². The molecule has 1 rings (SSSR count). The molecule has 3 nitrogen and oxygen atoms in total. The normalized spacial score (nSPS) is 10.2. The Hall–Kier alpha value is -0.830. The highest BCUT2D eigenvalue weighted by atomic mass is 35.5. The van der Waals surface area contributed by atoms with Crippen LogP contribution in [-0.4, -0.2) is 16.5 Å². The molecular weight excluding hydrogens is 198 g/mol. The van der Waals surface area contributed by atoms with Gasteiger partial charge in [0.2, 0.25) is 5.28 Å². The molecule has 0 bridgehead atoms. The number of nitrogens with zero attached hydrogens (tertiary/aromatic N) is 2. The topological polar surface area (TPSA) is 37.8 Å². The molecule has 0 fully saturated rings. The van der Waals surface area contributed by atoms with Gasteiger partial charge in [-0.25, -0.2) is 9.97 Å². The van der Waals surface area contributed by atoms with E-state index in [9.17, 15) is 0 Å². The lowest BCUT2D eigenvalue weighted by Gasteiger charge is -2.05. The third kappa shape index (κ3) is 3.50. The number of hydrogen-bond acceptors (Lipinski definition) is 3. The summed E-state index contributed by atoms with van der Waals surface area (Å²) in [6, 6.07) is 1.95. The summed E-state index contributed by atoms with van der Waals surface area (Å²) in [6.45, 7) is 5.15. The van der Waals surface area contributed by atoms with Crippen molar-refractivity contribution < 1.29 is 0 Å². The standard InChI is InChI=1S/C10H16ClN3/c1-3-5-6-12-9-7-8(4-2)13-10(11)14-9/h7H,3-6H2,1-2H3,(H,12,13,14). The molecule has 0 aliphatic carbocycles. The first-order valence-corrected chi connectivity index (χ1v) is 5.41. The average Bonchev–Trinajstić information content (AvgIpc) is 2.17. The Bertz CT molecular complexity index is 289. The molecular formula is C10H16ClN3. The highest BCUT2D eigenvalue weighted by molar-refractivity contribution is 6.28. The number of halogens is 1. The lowest BCUT2D eigenvalue weighted by atomic mass is 10.3. The van der Waals surface area contributed by atoms with Crippen LogP contribution in [0.15, 0.2) is 6.07 Å². The van der Waals surface area contributed by atoms with Gasteiger partial charge < -0.3 is 5.32 Å². The number of rotatable bonds is 5. The van der Waals surface area contributed by atoms with Crippen LogP contribution in [-0.2, 0) is 6.42 Å². The van der Waals surface area contributed by atoms with Crippen LogP contribution in [0.3, 0.4) is 0 Å². The van der Waals surface area contributed by atoms with E-state index in [0.717, 1.165) is 30.9 Å². The van der Waals surface area contributed by atoms with Crippen molar-refractivity contribution in [2.75, 3.05) is 11.9 Å². The number of nitrogens with one attached hydrogen (secondary N) is 1. The zero-order chi connectivity index (χ0) is 10.4. The highest BCUT2D eigenvalue weighted by Crippen LogP contribution is 2.10. The van der Waals surface area contributed by atoms with Crippen molar-refractivity contribution in [3.8, 4) is 0 Å². The van der Waals surface area contributed by atoms with E-state index < -0.39 is 0 Å². The predicted octanol–water partition coefficient (Wildman–Crippen LogP) is 2.90. The van der Waals surface area contributed by atoms with Gasteiger partial charge in [0, 0.05) is 18.3 Å². The Kier molecular flexibility index (Phi) is 4.66. The highest BCUT2D eigenvalue weighted by Gasteiger charge is 2.00. The van der Waals surface area contributed by atoms with Gasteiger partial charge >= 0.3 is 0 Å². The van der Waals surface area contributed by atoms with Crippen molar-refractivity contribution in [3.05, 3.63) is 17.0 Å². The van der Waals surface area contributed by atoms with Crippen LogP contribution in [0, 0.1) is 0 Å². The van der Waals surface area contributed by atoms with E-state index in [0.29, 0.717) is 5.28 Å². The lowest BCUT2D eigenvalue weighted by molar-refractivity contribution is 0.829. The number of hydrogen-bond donors (Lipinski definition) is 1. The van der Waals surface area contributed by atoms with Crippen molar-refractivity contribution >= 4 is 17.4 Å². The molecule has 0 amide bonds. The fraction of sp³-hybridized carbons (Fsp3) is 0.600. The second-order valence-electron chi connectivity index (χ2n) is 3.15. The largest absolute Gasteiger partial charge is 0.370 e. The summed E-state index contributed by atoms with van der Waals surface area (Å²) >= 11 is 5.78. The van der Waals surface area contributed by atoms with E-state index in [1.165, 1.54) is 6.42 Å². The molecule has 14 heavy (non-hydrogen) atoms. The number of aromatic nitrogens is 2. The zero-order valence-corrected chi connectivity index (χ0v) is 9.43. The number of anilines is 1. The van der Waals surface area contributed by atoms with Crippen molar-refractivity contribution in [1.82, 2.24) is 9.97 Å². The first kappa shape index (κ1) is 11.2. The van der Waals surface area contributed by atoms with E-state index >= 15 is 0 Å². The third-order valence-corrected chi connectivity index (χ3v) is 2.12. The van der Waals surface area contributed by atoms with Crippen LogP contribution >= 0.6 is 11.6 Å². The molecule has 0 radical (unpaired) electrons. The maximum Gasteiger partial charge on any atom is 0.224 e. The van der Waals surface area contributed by atoms with Crippen LogP contribution < -0.4 is 5.32 Å². The van der Waals surface area contributed by atoms with Gasteiger partial charge in [0.05, 0.1) is 0 Å². The minimum Gasteiger partial charge on any atom is -0.370 e. The zero-order valence-electron chi connectivity index (χ0n) is 8.68. The molecule has 1 aromatic rings. The molecule has 0 aliphatic rings. The van der Waals surface area contributed by atoms with Crippen LogP contribution in [0.25, 0.3) is 0 Å². The fourth-order valence-electron chi connectivity index (χ4n) is 1.13. The molecule has 1 N–H and O–H groups in total. The number of aryl methyl sites for hydroxylation is 1. The number of unbranched alkanes of at least 4 members (excludes halogenated alkanes) is 1. The first-order chi connectivity index (χ1) is 6.76. The van der Waals surface area contributed by atoms with Crippen LogP contribution in [0.2, 0.25) is 5.28 Å². The molecule has 0 saturated carbocycles. The van der Waals surface area contributed by atoms with Gasteiger partial charge in [-0.05, 0) is 24.4 Å². The summed E-state index contributed by atoms with van der Waals surface area (Å²) in [5, 5.41) is 3.55. The van der Waals surface area contributed by atoms with E-state index in [-0.39, 0.29) is 0 Å². The van der Waals surface area contributed by atoms with Gasteiger partial charge in [-0.1, -0.05) is 20.3 Å². The van der Waals surface area contributed by atoms with Crippen LogP contribution in [0.4, 0.5) is 5.82 Å². The summed E-state index contributed by atoms with van der Waals surface area (Å²) in [4.78, 5) is 8.19. The summed E-state index contributed by atoms with van der Waals surface area (Å²) < 4.78 is 0. The molecule has 0 atom stereocenters. The van der Waals surface area contributed by atoms with Gasteiger partial charge in [-0.3, -0.25) is 0 Å². The second kappa shape index (κ2) is 5.81.